The van der Waals surface area contributed by atoms with Crippen molar-refractivity contribution in [3.05, 3.63) is 59.2 Å². The molecule has 2 aromatic carbocycles. The zero-order chi connectivity index (χ0) is 21.9. The Bertz CT molecular complexity index is 1180. The van der Waals surface area contributed by atoms with Crippen LogP contribution in [0.25, 0.3) is 22.6 Å². The number of aryl methyl sites for hydroxylation is 1. The summed E-state index contributed by atoms with van der Waals surface area (Å²) >= 11 is 0. The number of hydrogen-bond acceptors (Lipinski definition) is 5. The molecule has 5 rings (SSSR count). The van der Waals surface area contributed by atoms with Gasteiger partial charge in [-0.25, -0.2) is 4.39 Å². The van der Waals surface area contributed by atoms with E-state index in [9.17, 15) is 9.90 Å². The fourth-order valence-electron chi connectivity index (χ4n) is 4.74. The van der Waals surface area contributed by atoms with E-state index in [4.69, 9.17) is 4.42 Å². The highest BCUT2D eigenvalue weighted by Crippen LogP contribution is 2.44. The van der Waals surface area contributed by atoms with Crippen LogP contribution in [0.2, 0.25) is 0 Å². The largest absolute Gasteiger partial charge is 0.421 e. The van der Waals surface area contributed by atoms with Crippen molar-refractivity contribution in [2.45, 2.75) is 51.8 Å². The maximum Gasteiger partial charge on any atom is 0.255 e. The van der Waals surface area contributed by atoms with Crippen LogP contribution in [0.4, 0.5) is 4.39 Å². The van der Waals surface area contributed by atoms with Gasteiger partial charge in [0.2, 0.25) is 11.8 Å². The first kappa shape index (κ1) is 19.9. The van der Waals surface area contributed by atoms with Crippen LogP contribution in [0, 0.1) is 18.7 Å². The predicted octanol–water partition coefficient (Wildman–Crippen LogP) is 4.36. The van der Waals surface area contributed by atoms with Crippen LogP contribution in [-0.4, -0.2) is 37.8 Å². The van der Waals surface area contributed by atoms with Crippen LogP contribution < -0.4 is 0 Å². The number of amides is 1. The zero-order valence-electron chi connectivity index (χ0n) is 17.7. The van der Waals surface area contributed by atoms with Crippen LogP contribution in [0.5, 0.6) is 0 Å². The molecule has 0 spiro atoms. The summed E-state index contributed by atoms with van der Waals surface area (Å²) in [6, 6.07) is 9.96. The Hall–Kier alpha value is -3.06. The summed E-state index contributed by atoms with van der Waals surface area (Å²) in [5, 5.41) is 18.5. The van der Waals surface area contributed by atoms with E-state index in [-0.39, 0.29) is 17.8 Å². The average Bonchev–Trinajstić information content (AvgIpc) is 3.34. The van der Waals surface area contributed by atoms with E-state index in [0.29, 0.717) is 40.6 Å². The fourth-order valence-corrected chi connectivity index (χ4v) is 4.74. The molecule has 2 aliphatic rings. The van der Waals surface area contributed by atoms with Crippen molar-refractivity contribution < 1.29 is 18.7 Å². The van der Waals surface area contributed by atoms with Crippen LogP contribution in [0.1, 0.15) is 48.5 Å². The number of benzene rings is 2. The lowest BCUT2D eigenvalue weighted by molar-refractivity contribution is -0.0224. The topological polar surface area (TPSA) is 79.5 Å². The number of fused-ring (bicyclic) bond motifs is 1. The Balaban J connectivity index is 1.53. The Morgan fingerprint density at radius 3 is 2.58 bits per heavy atom. The summed E-state index contributed by atoms with van der Waals surface area (Å²) < 4.78 is 20.5. The Morgan fingerprint density at radius 2 is 1.97 bits per heavy atom. The van der Waals surface area contributed by atoms with Gasteiger partial charge in [0.15, 0.2) is 0 Å². The van der Waals surface area contributed by atoms with Gasteiger partial charge in [-0.2, -0.15) is 0 Å². The predicted molar refractivity (Wildman–Crippen MR) is 113 cm³/mol. The number of nitrogens with zero attached hydrogens (tertiary/aromatic N) is 3. The lowest BCUT2D eigenvalue weighted by Crippen LogP contribution is -2.51. The van der Waals surface area contributed by atoms with Gasteiger partial charge >= 0.3 is 0 Å². The normalized spacial score (nSPS) is 17.2. The van der Waals surface area contributed by atoms with E-state index in [1.54, 1.807) is 43.9 Å². The van der Waals surface area contributed by atoms with Gasteiger partial charge in [-0.1, -0.05) is 24.3 Å². The highest BCUT2D eigenvalue weighted by atomic mass is 19.1. The van der Waals surface area contributed by atoms with E-state index in [2.05, 4.69) is 10.2 Å². The number of halogens is 1. The van der Waals surface area contributed by atoms with Crippen molar-refractivity contribution in [1.29, 1.82) is 0 Å². The SMILES string of the molecule is Cc1nnc(-c2ccc(-c3cccc4c3C(=O)N(C(C3CC3)C(C)(C)O)C4)c(F)c2)o1. The number of carbonyl (C=O) groups is 1. The number of rotatable bonds is 5. The third-order valence-corrected chi connectivity index (χ3v) is 6.13. The van der Waals surface area contributed by atoms with Gasteiger partial charge in [0.05, 0.1) is 17.2 Å². The first-order valence-corrected chi connectivity index (χ1v) is 10.5. The molecule has 0 bridgehead atoms. The molecule has 1 N–H and O–H groups in total. The van der Waals surface area contributed by atoms with Crippen LogP contribution >= 0.6 is 0 Å². The van der Waals surface area contributed by atoms with Gasteiger partial charge < -0.3 is 14.4 Å². The van der Waals surface area contributed by atoms with Crippen LogP contribution in [0.3, 0.4) is 0 Å². The maximum atomic E-state index is 15.2. The minimum Gasteiger partial charge on any atom is -0.421 e. The van der Waals surface area contributed by atoms with Crippen molar-refractivity contribution in [2.24, 2.45) is 5.92 Å². The molecule has 1 atom stereocenters. The summed E-state index contributed by atoms with van der Waals surface area (Å²) in [4.78, 5) is 15.2. The lowest BCUT2D eigenvalue weighted by Gasteiger charge is -2.37. The minimum absolute atomic E-state index is 0.152. The van der Waals surface area contributed by atoms with Gasteiger partial charge in [0.25, 0.3) is 5.91 Å². The molecule has 1 saturated carbocycles. The summed E-state index contributed by atoms with van der Waals surface area (Å²) in [6.45, 7) is 5.61. The number of carbonyl (C=O) groups excluding carboxylic acids is 1. The van der Waals surface area contributed by atoms with Crippen molar-refractivity contribution in [2.75, 3.05) is 0 Å². The second-order valence-corrected chi connectivity index (χ2v) is 9.03. The first-order chi connectivity index (χ1) is 14.7. The van der Waals surface area contributed by atoms with Crippen molar-refractivity contribution in [1.82, 2.24) is 15.1 Å². The minimum atomic E-state index is -1.01. The molecule has 6 nitrogen and oxygen atoms in total. The standard InChI is InChI=1S/C24H24FN3O3/c1-13-26-27-22(31-13)15-9-10-17(19(25)11-15)18-6-4-5-16-12-28(23(29)20(16)18)21(14-7-8-14)24(2,3)30/h4-6,9-11,14,21,30H,7-8,12H2,1-3H3. The monoisotopic (exact) mass is 421 g/mol. The lowest BCUT2D eigenvalue weighted by atomic mass is 9.92. The second-order valence-electron chi connectivity index (χ2n) is 9.03. The molecular weight excluding hydrogens is 397 g/mol. The van der Waals surface area contributed by atoms with Crippen molar-refractivity contribution >= 4 is 5.91 Å². The molecule has 0 saturated heterocycles. The fraction of sp³-hybridized carbons (Fsp3) is 0.375. The molecule has 1 unspecified atom stereocenters. The highest BCUT2D eigenvalue weighted by molar-refractivity contribution is 6.05. The number of aromatic nitrogens is 2. The third kappa shape index (κ3) is 3.43. The molecule has 2 heterocycles. The summed E-state index contributed by atoms with van der Waals surface area (Å²) in [7, 11) is 0. The molecule has 160 valence electrons. The Kier molecular flexibility index (Phi) is 4.48. The van der Waals surface area contributed by atoms with Crippen LogP contribution in [0.15, 0.2) is 40.8 Å². The molecule has 1 aromatic heterocycles. The van der Waals surface area contributed by atoms with E-state index in [0.717, 1.165) is 18.4 Å². The second kappa shape index (κ2) is 6.99. The molecule has 31 heavy (non-hydrogen) atoms. The Morgan fingerprint density at radius 1 is 1.19 bits per heavy atom. The van der Waals surface area contributed by atoms with Gasteiger partial charge in [0.1, 0.15) is 5.82 Å². The van der Waals surface area contributed by atoms with E-state index >= 15 is 4.39 Å². The molecule has 1 aliphatic heterocycles. The van der Waals surface area contributed by atoms with Gasteiger partial charge in [0, 0.05) is 24.6 Å². The Labute approximate surface area is 179 Å². The molecular formula is C24H24FN3O3. The molecule has 1 fully saturated rings. The van der Waals surface area contributed by atoms with Gasteiger partial charge in [-0.15, -0.1) is 10.2 Å². The van der Waals surface area contributed by atoms with E-state index < -0.39 is 11.4 Å². The number of hydrogen-bond donors (Lipinski definition) is 1. The van der Waals surface area contributed by atoms with Gasteiger partial charge in [-0.3, -0.25) is 4.79 Å². The van der Waals surface area contributed by atoms with Crippen molar-refractivity contribution in [3.8, 4) is 22.6 Å². The quantitative estimate of drug-likeness (QED) is 0.662. The smallest absolute Gasteiger partial charge is 0.255 e. The first-order valence-electron chi connectivity index (χ1n) is 10.5. The summed E-state index contributed by atoms with van der Waals surface area (Å²) in [5.74, 6) is 0.342. The third-order valence-electron chi connectivity index (χ3n) is 6.13. The van der Waals surface area contributed by atoms with Gasteiger partial charge in [-0.05, 0) is 55.9 Å². The van der Waals surface area contributed by atoms with E-state index in [1.165, 1.54) is 6.07 Å². The van der Waals surface area contributed by atoms with Crippen molar-refractivity contribution in [3.63, 3.8) is 0 Å². The average molecular weight is 421 g/mol. The summed E-state index contributed by atoms with van der Waals surface area (Å²) in [6.07, 6.45) is 2.01. The number of aliphatic hydroxyl groups is 1. The molecule has 3 aromatic rings. The molecule has 0 radical (unpaired) electrons. The summed E-state index contributed by atoms with van der Waals surface area (Å²) in [5.41, 5.74) is 1.75. The molecule has 1 amide bonds. The maximum absolute atomic E-state index is 15.2. The molecule has 7 heteroatoms. The molecule has 1 aliphatic carbocycles. The zero-order valence-corrected chi connectivity index (χ0v) is 17.7. The van der Waals surface area contributed by atoms with E-state index in [1.807, 2.05) is 12.1 Å². The highest BCUT2D eigenvalue weighted by Gasteiger charge is 2.48. The van der Waals surface area contributed by atoms with Crippen LogP contribution in [-0.2, 0) is 6.54 Å².